The second kappa shape index (κ2) is 18.1. The second-order valence-corrected chi connectivity index (χ2v) is 10.5. The summed E-state index contributed by atoms with van der Waals surface area (Å²) in [6.45, 7) is 22.6. The van der Waals surface area contributed by atoms with Crippen molar-refractivity contribution in [2.75, 3.05) is 108 Å². The van der Waals surface area contributed by atoms with Gasteiger partial charge >= 0.3 is 0 Å². The third kappa shape index (κ3) is 15.5. The highest BCUT2D eigenvalue weighted by atomic mass is 16.5. The van der Waals surface area contributed by atoms with E-state index < -0.39 is 0 Å². The van der Waals surface area contributed by atoms with Crippen molar-refractivity contribution in [3.05, 3.63) is 0 Å². The van der Waals surface area contributed by atoms with E-state index in [2.05, 4.69) is 85.4 Å². The zero-order chi connectivity index (χ0) is 24.7. The van der Waals surface area contributed by atoms with Gasteiger partial charge in [-0.05, 0) is 60.0 Å². The van der Waals surface area contributed by atoms with Gasteiger partial charge in [0.15, 0.2) is 0 Å². The molecular weight excluding hydrogens is 400 g/mol. The Morgan fingerprint density at radius 1 is 0.562 bits per heavy atom. The lowest BCUT2D eigenvalue weighted by Gasteiger charge is -2.36. The normalized spacial score (nSPS) is 24.8. The van der Waals surface area contributed by atoms with Crippen LogP contribution >= 0.6 is 0 Å². The molecule has 5 saturated heterocycles. The molecule has 32 heavy (non-hydrogen) atoms. The lowest BCUT2D eigenvalue weighted by atomic mass is 9.99. The number of nitrogens with zero attached hydrogens (tertiary/aromatic N) is 6. The van der Waals surface area contributed by atoms with E-state index in [4.69, 9.17) is 4.74 Å². The summed E-state index contributed by atoms with van der Waals surface area (Å²) < 4.78 is 4.76. The Hall–Kier alpha value is -0.280. The molecule has 0 saturated carbocycles. The molecule has 5 rings (SSSR count). The monoisotopic (exact) mass is 458 g/mol. The third-order valence-electron chi connectivity index (χ3n) is 5.80. The first kappa shape index (κ1) is 31.7. The van der Waals surface area contributed by atoms with Gasteiger partial charge in [0.2, 0.25) is 0 Å². The molecule has 0 aliphatic carbocycles. The highest BCUT2D eigenvalue weighted by molar-refractivity contribution is 4.74. The van der Waals surface area contributed by atoms with Crippen molar-refractivity contribution < 1.29 is 4.74 Å². The van der Waals surface area contributed by atoms with Gasteiger partial charge in [-0.2, -0.15) is 0 Å². The van der Waals surface area contributed by atoms with E-state index in [0.29, 0.717) is 0 Å². The van der Waals surface area contributed by atoms with Crippen molar-refractivity contribution in [1.82, 2.24) is 29.4 Å². The molecule has 7 nitrogen and oxygen atoms in total. The summed E-state index contributed by atoms with van der Waals surface area (Å²) in [5, 5.41) is 0. The standard InChI is InChI=1S/C6H13N.2C5H11N.C4H10N2.C3H7NO.C2H6/c1-3-6-4-7(2)5-6;3*1-5-3-6(2)4-5;1-4-2-5-3-4;1-2/h6H,3-5H2,1-2H3;2*5H,3-4H2,1-2H3;3-4H2,1-2H3;2-3H2,1H3;1-2H3. The van der Waals surface area contributed by atoms with Crippen molar-refractivity contribution in [2.24, 2.45) is 17.8 Å². The van der Waals surface area contributed by atoms with Gasteiger partial charge in [0.25, 0.3) is 0 Å². The Kier molecular flexibility index (Phi) is 17.9. The first-order chi connectivity index (χ1) is 15.1. The van der Waals surface area contributed by atoms with Crippen LogP contribution in [-0.4, -0.2) is 138 Å². The van der Waals surface area contributed by atoms with Crippen LogP contribution in [0.4, 0.5) is 0 Å². The van der Waals surface area contributed by atoms with E-state index >= 15 is 0 Å². The summed E-state index contributed by atoms with van der Waals surface area (Å²) in [6, 6.07) is 0. The Bertz CT molecular complexity index is 357. The first-order valence-corrected chi connectivity index (χ1v) is 12.8. The van der Waals surface area contributed by atoms with Gasteiger partial charge in [-0.1, -0.05) is 41.0 Å². The van der Waals surface area contributed by atoms with Gasteiger partial charge in [-0.3, -0.25) is 14.7 Å². The van der Waals surface area contributed by atoms with E-state index in [9.17, 15) is 0 Å². The van der Waals surface area contributed by atoms with E-state index in [1.165, 1.54) is 45.7 Å². The van der Waals surface area contributed by atoms with Crippen LogP contribution in [0.15, 0.2) is 0 Å². The largest absolute Gasteiger partial charge is 0.351 e. The van der Waals surface area contributed by atoms with Crippen molar-refractivity contribution in [2.45, 2.75) is 41.0 Å². The average Bonchev–Trinajstić information content (AvgIpc) is 2.65. The Labute approximate surface area is 201 Å². The molecule has 0 aromatic rings. The molecule has 5 aliphatic heterocycles. The molecule has 5 heterocycles. The SMILES string of the molecule is CC.CC1CN(C)C1.CC1CN(C)C1.CCC1CN(C)C1.CN1CN(C)C1.CN1COC1. The van der Waals surface area contributed by atoms with Crippen LogP contribution < -0.4 is 0 Å². The van der Waals surface area contributed by atoms with Crippen molar-refractivity contribution in [3.8, 4) is 0 Å². The maximum atomic E-state index is 4.76. The highest BCUT2D eigenvalue weighted by Gasteiger charge is 2.20. The van der Waals surface area contributed by atoms with Gasteiger partial charge in [0, 0.05) is 39.3 Å². The molecule has 194 valence electrons. The summed E-state index contributed by atoms with van der Waals surface area (Å²) in [4.78, 5) is 13.6. The third-order valence-corrected chi connectivity index (χ3v) is 5.80. The summed E-state index contributed by atoms with van der Waals surface area (Å²) in [7, 11) is 12.7. The minimum absolute atomic E-state index is 0.819. The van der Waals surface area contributed by atoms with Crippen LogP contribution in [0.2, 0.25) is 0 Å². The molecule has 0 aromatic carbocycles. The zero-order valence-electron chi connectivity index (χ0n) is 23.6. The van der Waals surface area contributed by atoms with Gasteiger partial charge < -0.3 is 19.4 Å². The topological polar surface area (TPSA) is 28.7 Å². The Morgan fingerprint density at radius 2 is 0.875 bits per heavy atom. The molecule has 5 fully saturated rings. The summed E-state index contributed by atoms with van der Waals surface area (Å²) in [5.41, 5.74) is 0. The quantitative estimate of drug-likeness (QED) is 0.597. The highest BCUT2D eigenvalue weighted by Crippen LogP contribution is 2.14. The maximum Gasteiger partial charge on any atom is 0.102 e. The lowest BCUT2D eigenvalue weighted by Crippen LogP contribution is -2.50. The predicted molar refractivity (Wildman–Crippen MR) is 140 cm³/mol. The van der Waals surface area contributed by atoms with Crippen LogP contribution in [0.3, 0.4) is 0 Å². The number of rotatable bonds is 1. The van der Waals surface area contributed by atoms with Gasteiger partial charge in [-0.15, -0.1) is 0 Å². The van der Waals surface area contributed by atoms with E-state index in [0.717, 1.165) is 44.6 Å². The molecule has 0 radical (unpaired) electrons. The van der Waals surface area contributed by atoms with Crippen LogP contribution in [0.25, 0.3) is 0 Å². The van der Waals surface area contributed by atoms with E-state index in [-0.39, 0.29) is 0 Å². The van der Waals surface area contributed by atoms with Crippen molar-refractivity contribution in [1.29, 1.82) is 0 Å². The molecule has 0 spiro atoms. The fourth-order valence-electron chi connectivity index (χ4n) is 4.16. The molecule has 0 aromatic heterocycles. The molecule has 0 bridgehead atoms. The van der Waals surface area contributed by atoms with Crippen molar-refractivity contribution in [3.63, 3.8) is 0 Å². The molecular formula is C25H58N6O. The number of hydrogen-bond acceptors (Lipinski definition) is 7. The minimum atomic E-state index is 0.819. The van der Waals surface area contributed by atoms with E-state index in [1.807, 2.05) is 20.9 Å². The molecule has 0 amide bonds. The Morgan fingerprint density at radius 3 is 0.906 bits per heavy atom. The molecule has 0 N–H and O–H groups in total. The molecule has 0 atom stereocenters. The lowest BCUT2D eigenvalue weighted by molar-refractivity contribution is -0.128. The predicted octanol–water partition coefficient (Wildman–Crippen LogP) is 2.76. The van der Waals surface area contributed by atoms with Crippen LogP contribution in [0.5, 0.6) is 0 Å². The maximum absolute atomic E-state index is 4.76. The minimum Gasteiger partial charge on any atom is -0.351 e. The summed E-state index contributed by atoms with van der Waals surface area (Å²) >= 11 is 0. The molecule has 5 aliphatic rings. The summed E-state index contributed by atoms with van der Waals surface area (Å²) in [6.07, 6.45) is 1.37. The molecule has 0 unspecified atom stereocenters. The summed E-state index contributed by atoms with van der Waals surface area (Å²) in [5.74, 6) is 2.95. The number of ether oxygens (including phenoxy) is 1. The van der Waals surface area contributed by atoms with Gasteiger partial charge in [0.05, 0.1) is 13.3 Å². The fourth-order valence-corrected chi connectivity index (χ4v) is 4.16. The fraction of sp³-hybridized carbons (Fsp3) is 1.00. The average molecular weight is 459 g/mol. The zero-order valence-corrected chi connectivity index (χ0v) is 23.6. The van der Waals surface area contributed by atoms with Crippen LogP contribution in [0, 0.1) is 17.8 Å². The Balaban J connectivity index is 0.000000369. The van der Waals surface area contributed by atoms with Gasteiger partial charge in [-0.25, -0.2) is 0 Å². The smallest absolute Gasteiger partial charge is 0.102 e. The number of hydrogen-bond donors (Lipinski definition) is 0. The first-order valence-electron chi connectivity index (χ1n) is 12.8. The number of likely N-dealkylation sites (tertiary alicyclic amines) is 3. The molecule has 7 heteroatoms. The van der Waals surface area contributed by atoms with E-state index in [1.54, 1.807) is 0 Å². The van der Waals surface area contributed by atoms with Crippen LogP contribution in [-0.2, 0) is 4.74 Å². The van der Waals surface area contributed by atoms with Crippen molar-refractivity contribution >= 4 is 0 Å². The van der Waals surface area contributed by atoms with Crippen LogP contribution in [0.1, 0.15) is 41.0 Å². The second-order valence-electron chi connectivity index (χ2n) is 10.5. The van der Waals surface area contributed by atoms with Gasteiger partial charge in [0.1, 0.15) is 13.5 Å².